The number of benzene rings is 1. The maximum Gasteiger partial charge on any atom is 0.251 e. The fourth-order valence-corrected chi connectivity index (χ4v) is 3.07. The number of carbonyl (C=O) groups is 1. The summed E-state index contributed by atoms with van der Waals surface area (Å²) in [5.41, 5.74) is 1.75. The van der Waals surface area contributed by atoms with E-state index in [1.807, 2.05) is 12.1 Å². The quantitative estimate of drug-likeness (QED) is 0.882. The van der Waals surface area contributed by atoms with Crippen molar-refractivity contribution >= 4 is 17.5 Å². The summed E-state index contributed by atoms with van der Waals surface area (Å²) in [5, 5.41) is 3.84. The van der Waals surface area contributed by atoms with Gasteiger partial charge >= 0.3 is 0 Å². The van der Waals surface area contributed by atoms with Crippen LogP contribution in [-0.2, 0) is 6.42 Å². The average Bonchev–Trinajstić information content (AvgIpc) is 2.41. The summed E-state index contributed by atoms with van der Waals surface area (Å²) in [6.07, 6.45) is 5.68. The minimum Gasteiger partial charge on any atom is -0.349 e. The Morgan fingerprint density at radius 2 is 2.11 bits per heavy atom. The molecule has 0 bridgehead atoms. The number of hydrogen-bond acceptors (Lipinski definition) is 1. The molecule has 1 saturated carbocycles. The Morgan fingerprint density at radius 3 is 2.74 bits per heavy atom. The Bertz CT molecular complexity index is 458. The van der Waals surface area contributed by atoms with Crippen molar-refractivity contribution in [2.24, 2.45) is 5.92 Å². The molecule has 2 atom stereocenters. The van der Waals surface area contributed by atoms with Gasteiger partial charge in [-0.05, 0) is 42.9 Å². The molecule has 1 aliphatic rings. The molecule has 1 aromatic rings. The molecule has 0 spiro atoms. The van der Waals surface area contributed by atoms with Crippen LogP contribution in [0.15, 0.2) is 18.2 Å². The zero-order valence-electron chi connectivity index (χ0n) is 11.7. The number of nitrogens with one attached hydrogen (secondary N) is 1. The highest BCUT2D eigenvalue weighted by molar-refractivity contribution is 6.31. The molecule has 1 fully saturated rings. The van der Waals surface area contributed by atoms with Gasteiger partial charge in [-0.1, -0.05) is 44.4 Å². The van der Waals surface area contributed by atoms with E-state index in [1.165, 1.54) is 19.3 Å². The zero-order chi connectivity index (χ0) is 13.8. The lowest BCUT2D eigenvalue weighted by Gasteiger charge is -2.29. The molecular formula is C16H22ClNO. The van der Waals surface area contributed by atoms with Crippen LogP contribution >= 0.6 is 11.6 Å². The summed E-state index contributed by atoms with van der Waals surface area (Å²) in [7, 11) is 0. The molecule has 104 valence electrons. The molecule has 0 heterocycles. The molecular weight excluding hydrogens is 258 g/mol. The normalized spacial score (nSPS) is 23.1. The van der Waals surface area contributed by atoms with E-state index in [0.717, 1.165) is 18.4 Å². The monoisotopic (exact) mass is 279 g/mol. The van der Waals surface area contributed by atoms with Crippen LogP contribution in [-0.4, -0.2) is 11.9 Å². The zero-order valence-corrected chi connectivity index (χ0v) is 12.5. The first kappa shape index (κ1) is 14.4. The van der Waals surface area contributed by atoms with E-state index in [4.69, 9.17) is 11.6 Å². The average molecular weight is 280 g/mol. The summed E-state index contributed by atoms with van der Waals surface area (Å²) in [6.45, 7) is 4.28. The van der Waals surface area contributed by atoms with Crippen molar-refractivity contribution in [1.29, 1.82) is 0 Å². The summed E-state index contributed by atoms with van der Waals surface area (Å²) in [6, 6.07) is 5.91. The molecule has 2 unspecified atom stereocenters. The van der Waals surface area contributed by atoms with Gasteiger partial charge in [0, 0.05) is 16.6 Å². The van der Waals surface area contributed by atoms with Crippen LogP contribution in [0.3, 0.4) is 0 Å². The second kappa shape index (κ2) is 6.42. The summed E-state index contributed by atoms with van der Waals surface area (Å²) in [5.74, 6) is 0.575. The van der Waals surface area contributed by atoms with E-state index >= 15 is 0 Å². The van der Waals surface area contributed by atoms with Gasteiger partial charge in [-0.2, -0.15) is 0 Å². The van der Waals surface area contributed by atoms with Gasteiger partial charge in [0.05, 0.1) is 0 Å². The van der Waals surface area contributed by atoms with Crippen molar-refractivity contribution in [3.05, 3.63) is 34.3 Å². The largest absolute Gasteiger partial charge is 0.349 e. The van der Waals surface area contributed by atoms with Crippen molar-refractivity contribution in [2.45, 2.75) is 52.0 Å². The maximum absolute atomic E-state index is 12.2. The lowest BCUT2D eigenvalue weighted by Crippen LogP contribution is -2.41. The topological polar surface area (TPSA) is 29.1 Å². The fraction of sp³-hybridized carbons (Fsp3) is 0.562. The van der Waals surface area contributed by atoms with Crippen LogP contribution in [0, 0.1) is 5.92 Å². The lowest BCUT2D eigenvalue weighted by atomic mass is 9.86. The van der Waals surface area contributed by atoms with Crippen molar-refractivity contribution < 1.29 is 4.79 Å². The maximum atomic E-state index is 12.2. The Labute approximate surface area is 120 Å². The highest BCUT2D eigenvalue weighted by atomic mass is 35.5. The van der Waals surface area contributed by atoms with Gasteiger partial charge in [-0.3, -0.25) is 4.79 Å². The van der Waals surface area contributed by atoms with Crippen LogP contribution in [0.2, 0.25) is 5.02 Å². The summed E-state index contributed by atoms with van der Waals surface area (Å²) < 4.78 is 0. The summed E-state index contributed by atoms with van der Waals surface area (Å²) in [4.78, 5) is 12.2. The predicted molar refractivity (Wildman–Crippen MR) is 79.7 cm³/mol. The molecule has 1 amide bonds. The van der Waals surface area contributed by atoms with Crippen molar-refractivity contribution in [2.75, 3.05) is 0 Å². The first-order valence-electron chi connectivity index (χ1n) is 7.21. The van der Waals surface area contributed by atoms with E-state index in [-0.39, 0.29) is 5.91 Å². The van der Waals surface area contributed by atoms with E-state index in [1.54, 1.807) is 6.07 Å². The smallest absolute Gasteiger partial charge is 0.251 e. The van der Waals surface area contributed by atoms with Crippen molar-refractivity contribution in [1.82, 2.24) is 5.32 Å². The third kappa shape index (κ3) is 3.50. The molecule has 3 heteroatoms. The third-order valence-corrected chi connectivity index (χ3v) is 4.48. The molecule has 1 aliphatic carbocycles. The van der Waals surface area contributed by atoms with Gasteiger partial charge in [-0.15, -0.1) is 0 Å². The highest BCUT2D eigenvalue weighted by Crippen LogP contribution is 2.24. The minimum absolute atomic E-state index is 0.00306. The predicted octanol–water partition coefficient (Wildman–Crippen LogP) is 4.21. The SMILES string of the molecule is CCc1ccc(C(=O)NC2CCCCC2C)cc1Cl. The standard InChI is InChI=1S/C16H22ClNO/c1-3-12-8-9-13(10-14(12)17)16(19)18-15-7-5-4-6-11(15)2/h8-11,15H,3-7H2,1-2H3,(H,18,19). The van der Waals surface area contributed by atoms with Gasteiger partial charge in [0.2, 0.25) is 0 Å². The minimum atomic E-state index is 0.00306. The number of aryl methyl sites for hydroxylation is 1. The molecule has 0 aromatic heterocycles. The fourth-order valence-electron chi connectivity index (χ4n) is 2.76. The number of rotatable bonds is 3. The second-order valence-corrected chi connectivity index (χ2v) is 5.91. The van der Waals surface area contributed by atoms with Crippen LogP contribution < -0.4 is 5.32 Å². The molecule has 2 rings (SSSR count). The third-order valence-electron chi connectivity index (χ3n) is 4.12. The Morgan fingerprint density at radius 1 is 1.37 bits per heavy atom. The summed E-state index contributed by atoms with van der Waals surface area (Å²) >= 11 is 6.17. The van der Waals surface area contributed by atoms with Crippen molar-refractivity contribution in [3.63, 3.8) is 0 Å². The number of carbonyl (C=O) groups excluding carboxylic acids is 1. The molecule has 1 aromatic carbocycles. The van der Waals surface area contributed by atoms with Gasteiger partial charge < -0.3 is 5.32 Å². The molecule has 19 heavy (non-hydrogen) atoms. The van der Waals surface area contributed by atoms with Crippen molar-refractivity contribution in [3.8, 4) is 0 Å². The Balaban J connectivity index is 2.05. The molecule has 0 radical (unpaired) electrons. The number of amides is 1. The van der Waals surface area contributed by atoms with E-state index in [2.05, 4.69) is 19.2 Å². The Hall–Kier alpha value is -1.02. The van der Waals surface area contributed by atoms with Gasteiger partial charge in [-0.25, -0.2) is 0 Å². The van der Waals surface area contributed by atoms with Gasteiger partial charge in [0.1, 0.15) is 0 Å². The number of hydrogen-bond donors (Lipinski definition) is 1. The highest BCUT2D eigenvalue weighted by Gasteiger charge is 2.23. The van der Waals surface area contributed by atoms with Crippen LogP contribution in [0.25, 0.3) is 0 Å². The van der Waals surface area contributed by atoms with Gasteiger partial charge in [0.15, 0.2) is 0 Å². The molecule has 0 saturated heterocycles. The molecule has 1 N–H and O–H groups in total. The first-order valence-corrected chi connectivity index (χ1v) is 7.59. The first-order chi connectivity index (χ1) is 9.11. The molecule has 2 nitrogen and oxygen atoms in total. The Kier molecular flexibility index (Phi) is 4.87. The molecule has 0 aliphatic heterocycles. The lowest BCUT2D eigenvalue weighted by molar-refractivity contribution is 0.0910. The van der Waals surface area contributed by atoms with E-state index in [0.29, 0.717) is 22.5 Å². The van der Waals surface area contributed by atoms with E-state index < -0.39 is 0 Å². The second-order valence-electron chi connectivity index (χ2n) is 5.50. The van der Waals surface area contributed by atoms with E-state index in [9.17, 15) is 4.79 Å². The van der Waals surface area contributed by atoms with Crippen LogP contribution in [0.1, 0.15) is 55.5 Å². The van der Waals surface area contributed by atoms with Crippen LogP contribution in [0.5, 0.6) is 0 Å². The van der Waals surface area contributed by atoms with Gasteiger partial charge in [0.25, 0.3) is 5.91 Å². The number of halogens is 1. The van der Waals surface area contributed by atoms with Crippen LogP contribution in [0.4, 0.5) is 0 Å².